The number of hydrogen-bond acceptors (Lipinski definition) is 3. The number of aliphatic hydroxyl groups excluding tert-OH is 1. The first-order chi connectivity index (χ1) is 9.38. The number of rotatable bonds is 7. The normalized spacial score (nSPS) is 13.3. The lowest BCUT2D eigenvalue weighted by molar-refractivity contribution is -0.139. The second-order valence-corrected chi connectivity index (χ2v) is 4.48. The van der Waals surface area contributed by atoms with Crippen LogP contribution in [0.2, 0.25) is 0 Å². The summed E-state index contributed by atoms with van der Waals surface area (Å²) in [5.41, 5.74) is -0.265. The van der Waals surface area contributed by atoms with Gasteiger partial charge in [-0.15, -0.1) is 0 Å². The van der Waals surface area contributed by atoms with Crippen molar-refractivity contribution in [1.82, 2.24) is 5.32 Å². The van der Waals surface area contributed by atoms with Gasteiger partial charge in [0, 0.05) is 6.54 Å². The highest BCUT2D eigenvalue weighted by atomic mass is 19.4. The highest BCUT2D eigenvalue weighted by molar-refractivity contribution is 5.39. The Labute approximate surface area is 116 Å². The zero-order valence-electron chi connectivity index (χ0n) is 11.6. The van der Waals surface area contributed by atoms with E-state index in [2.05, 4.69) is 5.32 Å². The van der Waals surface area contributed by atoms with E-state index < -0.39 is 17.8 Å². The molecule has 0 aliphatic rings. The minimum Gasteiger partial charge on any atom is -0.490 e. The van der Waals surface area contributed by atoms with Crippen LogP contribution < -0.4 is 10.1 Å². The molecule has 0 radical (unpaired) electrons. The van der Waals surface area contributed by atoms with Crippen LogP contribution in [0.25, 0.3) is 0 Å². The molecule has 0 spiro atoms. The number of aliphatic hydroxyl groups is 1. The first kappa shape index (κ1) is 16.8. The van der Waals surface area contributed by atoms with Crippen LogP contribution in [0.5, 0.6) is 5.75 Å². The van der Waals surface area contributed by atoms with Gasteiger partial charge in [0.1, 0.15) is 12.4 Å². The van der Waals surface area contributed by atoms with E-state index in [1.165, 1.54) is 6.07 Å². The molecular formula is C14H20F3NO2. The second kappa shape index (κ2) is 7.50. The van der Waals surface area contributed by atoms with E-state index in [0.29, 0.717) is 25.1 Å². The average Bonchev–Trinajstić information content (AvgIpc) is 2.41. The van der Waals surface area contributed by atoms with Gasteiger partial charge >= 0.3 is 6.18 Å². The lowest BCUT2D eigenvalue weighted by Gasteiger charge is -2.17. The van der Waals surface area contributed by atoms with Gasteiger partial charge < -0.3 is 15.2 Å². The van der Waals surface area contributed by atoms with E-state index in [1.807, 2.05) is 6.92 Å². The van der Waals surface area contributed by atoms with E-state index >= 15 is 0 Å². The zero-order valence-corrected chi connectivity index (χ0v) is 11.6. The summed E-state index contributed by atoms with van der Waals surface area (Å²) in [4.78, 5) is 0. The zero-order chi connectivity index (χ0) is 15.2. The molecule has 1 unspecified atom stereocenters. The number of benzene rings is 1. The molecule has 20 heavy (non-hydrogen) atoms. The van der Waals surface area contributed by atoms with E-state index in [-0.39, 0.29) is 12.4 Å². The summed E-state index contributed by atoms with van der Waals surface area (Å²) >= 11 is 0. The van der Waals surface area contributed by atoms with Crippen LogP contribution in [0.15, 0.2) is 18.2 Å². The SMILES string of the molecule is CCNCc1ccc(OCC(O)CC)c(C(F)(F)F)c1. The Balaban J connectivity index is 2.92. The van der Waals surface area contributed by atoms with Crippen molar-refractivity contribution >= 4 is 0 Å². The molecule has 0 saturated carbocycles. The summed E-state index contributed by atoms with van der Waals surface area (Å²) in [5, 5.41) is 12.3. The molecule has 0 heterocycles. The van der Waals surface area contributed by atoms with Gasteiger partial charge in [-0.2, -0.15) is 13.2 Å². The highest BCUT2D eigenvalue weighted by Crippen LogP contribution is 2.37. The molecule has 1 atom stereocenters. The summed E-state index contributed by atoms with van der Waals surface area (Å²) in [6.07, 6.45) is -4.81. The van der Waals surface area contributed by atoms with Crippen LogP contribution in [0.1, 0.15) is 31.4 Å². The van der Waals surface area contributed by atoms with Crippen LogP contribution in [0.3, 0.4) is 0 Å². The number of nitrogens with one attached hydrogen (secondary N) is 1. The lowest BCUT2D eigenvalue weighted by Crippen LogP contribution is -2.19. The smallest absolute Gasteiger partial charge is 0.419 e. The third-order valence-electron chi connectivity index (χ3n) is 2.83. The molecule has 0 bridgehead atoms. The highest BCUT2D eigenvalue weighted by Gasteiger charge is 2.34. The average molecular weight is 291 g/mol. The fraction of sp³-hybridized carbons (Fsp3) is 0.571. The van der Waals surface area contributed by atoms with Crippen LogP contribution in [-0.2, 0) is 12.7 Å². The number of alkyl halides is 3. The molecule has 6 heteroatoms. The van der Waals surface area contributed by atoms with Gasteiger partial charge in [0.25, 0.3) is 0 Å². The topological polar surface area (TPSA) is 41.5 Å². The van der Waals surface area contributed by atoms with Crippen LogP contribution in [-0.4, -0.2) is 24.4 Å². The number of halogens is 3. The molecule has 0 aliphatic carbocycles. The Kier molecular flexibility index (Phi) is 6.29. The van der Waals surface area contributed by atoms with Gasteiger partial charge in [0.15, 0.2) is 0 Å². The fourth-order valence-corrected chi connectivity index (χ4v) is 1.61. The predicted molar refractivity (Wildman–Crippen MR) is 70.6 cm³/mol. The van der Waals surface area contributed by atoms with Gasteiger partial charge in [-0.3, -0.25) is 0 Å². The summed E-state index contributed by atoms with van der Waals surface area (Å²) in [5.74, 6) is -0.245. The van der Waals surface area contributed by atoms with Gasteiger partial charge in [-0.1, -0.05) is 19.9 Å². The molecule has 2 N–H and O–H groups in total. The van der Waals surface area contributed by atoms with Crippen LogP contribution in [0.4, 0.5) is 13.2 Å². The van der Waals surface area contributed by atoms with Crippen LogP contribution in [0, 0.1) is 0 Å². The van der Waals surface area contributed by atoms with Crippen molar-refractivity contribution in [2.45, 2.75) is 39.1 Å². The Bertz CT molecular complexity index is 421. The molecular weight excluding hydrogens is 271 g/mol. The largest absolute Gasteiger partial charge is 0.490 e. The Hall–Kier alpha value is -1.27. The molecule has 0 fully saturated rings. The number of ether oxygens (including phenoxy) is 1. The monoisotopic (exact) mass is 291 g/mol. The third-order valence-corrected chi connectivity index (χ3v) is 2.83. The summed E-state index contributed by atoms with van der Waals surface area (Å²) < 4.78 is 44.1. The maximum atomic E-state index is 13.0. The molecule has 114 valence electrons. The Morgan fingerprint density at radius 2 is 2.00 bits per heavy atom. The molecule has 1 aromatic carbocycles. The van der Waals surface area contributed by atoms with Crippen molar-refractivity contribution in [3.05, 3.63) is 29.3 Å². The van der Waals surface area contributed by atoms with Gasteiger partial charge in [-0.05, 0) is 30.7 Å². The maximum absolute atomic E-state index is 13.0. The van der Waals surface area contributed by atoms with E-state index in [9.17, 15) is 18.3 Å². The minimum atomic E-state index is -4.48. The quantitative estimate of drug-likeness (QED) is 0.811. The van der Waals surface area contributed by atoms with Gasteiger partial charge in [0.2, 0.25) is 0 Å². The van der Waals surface area contributed by atoms with Crippen molar-refractivity contribution in [2.75, 3.05) is 13.2 Å². The van der Waals surface area contributed by atoms with Crippen molar-refractivity contribution in [3.63, 3.8) is 0 Å². The third kappa shape index (κ3) is 5.02. The lowest BCUT2D eigenvalue weighted by atomic mass is 10.1. The van der Waals surface area contributed by atoms with E-state index in [4.69, 9.17) is 4.74 Å². The molecule has 1 rings (SSSR count). The summed E-state index contributed by atoms with van der Waals surface area (Å²) in [6.45, 7) is 4.53. The molecule has 0 amide bonds. The summed E-state index contributed by atoms with van der Waals surface area (Å²) in [6, 6.07) is 3.97. The second-order valence-electron chi connectivity index (χ2n) is 4.48. The molecule has 0 saturated heterocycles. The molecule has 0 aromatic heterocycles. The van der Waals surface area contributed by atoms with Gasteiger partial charge in [-0.25, -0.2) is 0 Å². The standard InChI is InChI=1S/C14H20F3NO2/c1-3-11(19)9-20-13-6-5-10(8-18-4-2)7-12(13)14(15,16)17/h5-7,11,18-19H,3-4,8-9H2,1-2H3. The van der Waals surface area contributed by atoms with E-state index in [0.717, 1.165) is 6.07 Å². The van der Waals surface area contributed by atoms with Crippen molar-refractivity contribution in [3.8, 4) is 5.75 Å². The van der Waals surface area contributed by atoms with Crippen molar-refractivity contribution < 1.29 is 23.0 Å². The first-order valence-corrected chi connectivity index (χ1v) is 6.60. The van der Waals surface area contributed by atoms with Crippen molar-refractivity contribution in [2.24, 2.45) is 0 Å². The van der Waals surface area contributed by atoms with E-state index in [1.54, 1.807) is 13.0 Å². The Morgan fingerprint density at radius 3 is 2.55 bits per heavy atom. The van der Waals surface area contributed by atoms with Gasteiger partial charge in [0.05, 0.1) is 11.7 Å². The van der Waals surface area contributed by atoms with Crippen molar-refractivity contribution in [1.29, 1.82) is 0 Å². The molecule has 1 aromatic rings. The fourth-order valence-electron chi connectivity index (χ4n) is 1.61. The molecule has 3 nitrogen and oxygen atoms in total. The first-order valence-electron chi connectivity index (χ1n) is 6.60. The Morgan fingerprint density at radius 1 is 1.30 bits per heavy atom. The number of hydrogen-bond donors (Lipinski definition) is 2. The minimum absolute atomic E-state index is 0.147. The maximum Gasteiger partial charge on any atom is 0.419 e. The molecule has 0 aliphatic heterocycles. The van der Waals surface area contributed by atoms with Crippen LogP contribution >= 0.6 is 0 Å². The summed E-state index contributed by atoms with van der Waals surface area (Å²) in [7, 11) is 0. The predicted octanol–water partition coefficient (Wildman–Crippen LogP) is 2.96.